The van der Waals surface area contributed by atoms with E-state index in [1.807, 2.05) is 0 Å². The summed E-state index contributed by atoms with van der Waals surface area (Å²) < 4.78 is 163. The Morgan fingerprint density at radius 3 is 1.21 bits per heavy atom. The zero-order valence-electron chi connectivity index (χ0n) is 11.1. The first-order chi connectivity index (χ1) is 10.5. The van der Waals surface area contributed by atoms with Crippen LogP contribution in [0.3, 0.4) is 0 Å². The fourth-order valence-corrected chi connectivity index (χ4v) is 2.59. The molecule has 0 heterocycles. The average molecular weight is 378 g/mol. The van der Waals surface area contributed by atoms with E-state index in [0.29, 0.717) is 12.2 Å². The van der Waals surface area contributed by atoms with Crippen LogP contribution >= 0.6 is 0 Å². The summed E-state index contributed by atoms with van der Waals surface area (Å²) in [4.78, 5) is 0. The number of hydrogen-bond acceptors (Lipinski definition) is 0. The van der Waals surface area contributed by atoms with Crippen molar-refractivity contribution in [3.8, 4) is 0 Å². The van der Waals surface area contributed by atoms with E-state index in [-0.39, 0.29) is 0 Å². The molecule has 2 aliphatic rings. The molecule has 24 heavy (non-hydrogen) atoms. The minimum atomic E-state index is -7.34. The van der Waals surface area contributed by atoms with E-state index >= 15 is 0 Å². The Labute approximate surface area is 125 Å². The SMILES string of the molecule is FC1(C2(F)C(F)(F)C(F)(F)C(F)(F)C(F)(F)C2(F)F)C=CC=CC1. The molecule has 0 aliphatic heterocycles. The van der Waals surface area contributed by atoms with Crippen LogP contribution in [0.25, 0.3) is 0 Å². The number of rotatable bonds is 1. The van der Waals surface area contributed by atoms with Gasteiger partial charge in [0.2, 0.25) is 0 Å². The van der Waals surface area contributed by atoms with Crippen LogP contribution < -0.4 is 0 Å². The predicted octanol–water partition coefficient (Wildman–Crippen LogP) is 5.11. The molecule has 12 heteroatoms. The van der Waals surface area contributed by atoms with Gasteiger partial charge in [-0.25, -0.2) is 8.78 Å². The van der Waals surface area contributed by atoms with Crippen molar-refractivity contribution in [2.24, 2.45) is 0 Å². The first-order valence-corrected chi connectivity index (χ1v) is 6.07. The molecule has 0 N–H and O–H groups in total. The van der Waals surface area contributed by atoms with E-state index in [2.05, 4.69) is 0 Å². The Kier molecular flexibility index (Phi) is 3.50. The third kappa shape index (κ3) is 1.55. The van der Waals surface area contributed by atoms with Crippen molar-refractivity contribution in [2.45, 2.75) is 47.4 Å². The van der Waals surface area contributed by atoms with Gasteiger partial charge in [-0.15, -0.1) is 0 Å². The summed E-state index contributed by atoms with van der Waals surface area (Å²) in [5.41, 5.74) is -11.4. The zero-order valence-corrected chi connectivity index (χ0v) is 11.1. The molecular weight excluding hydrogens is 372 g/mol. The van der Waals surface area contributed by atoms with Gasteiger partial charge in [0.15, 0.2) is 5.67 Å². The van der Waals surface area contributed by atoms with Crippen molar-refractivity contribution in [2.75, 3.05) is 0 Å². The molecule has 0 saturated heterocycles. The third-order valence-corrected chi connectivity index (χ3v) is 4.04. The van der Waals surface area contributed by atoms with Crippen molar-refractivity contribution < 1.29 is 52.7 Å². The van der Waals surface area contributed by atoms with E-state index in [0.717, 1.165) is 6.08 Å². The minimum absolute atomic E-state index is 0.319. The van der Waals surface area contributed by atoms with Gasteiger partial charge < -0.3 is 0 Å². The third-order valence-electron chi connectivity index (χ3n) is 4.04. The molecule has 1 atom stereocenters. The van der Waals surface area contributed by atoms with Gasteiger partial charge >= 0.3 is 29.6 Å². The summed E-state index contributed by atoms with van der Waals surface area (Å²) in [5, 5.41) is 0. The fraction of sp³-hybridized carbons (Fsp3) is 0.667. The maximum absolute atomic E-state index is 14.5. The normalized spacial score (nSPS) is 37.2. The molecule has 138 valence electrons. The largest absolute Gasteiger partial charge is 0.384 e. The Balaban J connectivity index is 2.88. The highest BCUT2D eigenvalue weighted by Crippen LogP contribution is 2.72. The van der Waals surface area contributed by atoms with Crippen LogP contribution in [0.15, 0.2) is 24.3 Å². The molecule has 2 rings (SSSR count). The monoisotopic (exact) mass is 378 g/mol. The lowest BCUT2D eigenvalue weighted by Gasteiger charge is -2.55. The van der Waals surface area contributed by atoms with E-state index in [1.54, 1.807) is 0 Å². The summed E-state index contributed by atoms with van der Waals surface area (Å²) in [6.45, 7) is 0. The molecule has 0 nitrogen and oxygen atoms in total. The van der Waals surface area contributed by atoms with Gasteiger partial charge in [0, 0.05) is 6.42 Å². The summed E-state index contributed by atoms with van der Waals surface area (Å²) in [7, 11) is 0. The Hall–Kier alpha value is -1.36. The second-order valence-electron chi connectivity index (χ2n) is 5.38. The molecule has 0 amide bonds. The molecule has 0 aromatic rings. The van der Waals surface area contributed by atoms with Crippen LogP contribution in [0.4, 0.5) is 52.7 Å². The number of allylic oxidation sites excluding steroid dienone is 4. The molecular formula is C12H6F12. The first-order valence-electron chi connectivity index (χ1n) is 6.07. The highest BCUT2D eigenvalue weighted by Gasteiger charge is 3.03. The van der Waals surface area contributed by atoms with E-state index in [4.69, 9.17) is 0 Å². The Bertz CT molecular complexity index is 571. The number of halogens is 12. The summed E-state index contributed by atoms with van der Waals surface area (Å²) >= 11 is 0. The summed E-state index contributed by atoms with van der Waals surface area (Å²) in [6, 6.07) is 0. The summed E-state index contributed by atoms with van der Waals surface area (Å²) in [6.07, 6.45) is -0.658. The Morgan fingerprint density at radius 1 is 0.500 bits per heavy atom. The Morgan fingerprint density at radius 2 is 0.875 bits per heavy atom. The van der Waals surface area contributed by atoms with Crippen LogP contribution in [-0.4, -0.2) is 41.0 Å². The van der Waals surface area contributed by atoms with Crippen molar-refractivity contribution in [1.29, 1.82) is 0 Å². The lowest BCUT2D eigenvalue weighted by atomic mass is 9.63. The quantitative estimate of drug-likeness (QED) is 0.557. The van der Waals surface area contributed by atoms with E-state index in [9.17, 15) is 52.7 Å². The average Bonchev–Trinajstić information content (AvgIpc) is 2.44. The van der Waals surface area contributed by atoms with Gasteiger partial charge in [-0.05, 0) is 6.08 Å². The van der Waals surface area contributed by atoms with E-state index in [1.165, 1.54) is 0 Å². The van der Waals surface area contributed by atoms with Crippen LogP contribution in [0.5, 0.6) is 0 Å². The molecule has 1 fully saturated rings. The second kappa shape index (κ2) is 4.43. The van der Waals surface area contributed by atoms with Gasteiger partial charge in [0.1, 0.15) is 0 Å². The summed E-state index contributed by atoms with van der Waals surface area (Å²) in [5.74, 6) is -36.3. The van der Waals surface area contributed by atoms with Crippen molar-refractivity contribution >= 4 is 0 Å². The van der Waals surface area contributed by atoms with Crippen molar-refractivity contribution in [1.82, 2.24) is 0 Å². The predicted molar refractivity (Wildman–Crippen MR) is 55.3 cm³/mol. The van der Waals surface area contributed by atoms with Crippen molar-refractivity contribution in [3.05, 3.63) is 24.3 Å². The standard InChI is InChI=1S/C12H6F12/c13-6(4-2-1-3-5-6)7(14)8(15,16)10(19,20)12(23,24)11(21,22)9(7,17)18/h1-4H,5H2. The zero-order chi connectivity index (χ0) is 19.0. The first kappa shape index (κ1) is 19.0. The van der Waals surface area contributed by atoms with Crippen molar-refractivity contribution in [3.63, 3.8) is 0 Å². The maximum atomic E-state index is 14.5. The molecule has 1 saturated carbocycles. The highest BCUT2D eigenvalue weighted by molar-refractivity contribution is 5.37. The molecule has 0 spiro atoms. The highest BCUT2D eigenvalue weighted by atomic mass is 19.4. The second-order valence-corrected chi connectivity index (χ2v) is 5.38. The lowest BCUT2D eigenvalue weighted by Crippen LogP contribution is -2.87. The lowest BCUT2D eigenvalue weighted by molar-refractivity contribution is -0.495. The van der Waals surface area contributed by atoms with Gasteiger partial charge in [-0.3, -0.25) is 0 Å². The van der Waals surface area contributed by atoms with Crippen LogP contribution in [0.1, 0.15) is 6.42 Å². The van der Waals surface area contributed by atoms with Gasteiger partial charge in [-0.1, -0.05) is 18.2 Å². The van der Waals surface area contributed by atoms with E-state index < -0.39 is 53.4 Å². The smallest absolute Gasteiger partial charge is 0.235 e. The molecule has 0 radical (unpaired) electrons. The minimum Gasteiger partial charge on any atom is -0.235 e. The van der Waals surface area contributed by atoms with Crippen LogP contribution in [0, 0.1) is 0 Å². The fourth-order valence-electron chi connectivity index (χ4n) is 2.59. The number of hydrogen-bond donors (Lipinski definition) is 0. The molecule has 0 bridgehead atoms. The van der Waals surface area contributed by atoms with Crippen LogP contribution in [0.2, 0.25) is 0 Å². The molecule has 0 aromatic heterocycles. The topological polar surface area (TPSA) is 0 Å². The molecule has 2 aliphatic carbocycles. The van der Waals surface area contributed by atoms with Crippen LogP contribution in [-0.2, 0) is 0 Å². The van der Waals surface area contributed by atoms with Gasteiger partial charge in [0.25, 0.3) is 5.67 Å². The molecule has 1 unspecified atom stereocenters. The number of alkyl halides is 12. The maximum Gasteiger partial charge on any atom is 0.384 e. The van der Waals surface area contributed by atoms with Gasteiger partial charge in [0.05, 0.1) is 0 Å². The molecule has 0 aromatic carbocycles. The van der Waals surface area contributed by atoms with Gasteiger partial charge in [-0.2, -0.15) is 43.9 Å².